The molecular formula is C11H7BrF2N2. The molecule has 0 saturated heterocycles. The van der Waals surface area contributed by atoms with Crippen LogP contribution in [-0.4, -0.2) is 9.97 Å². The van der Waals surface area contributed by atoms with E-state index < -0.39 is 6.43 Å². The zero-order valence-electron chi connectivity index (χ0n) is 8.07. The Labute approximate surface area is 99.5 Å². The van der Waals surface area contributed by atoms with Crippen molar-refractivity contribution in [1.29, 1.82) is 0 Å². The van der Waals surface area contributed by atoms with Gasteiger partial charge in [-0.05, 0) is 11.6 Å². The molecule has 0 unspecified atom stereocenters. The Balaban J connectivity index is 2.61. The highest BCUT2D eigenvalue weighted by Crippen LogP contribution is 2.35. The molecule has 0 aliphatic rings. The van der Waals surface area contributed by atoms with Crippen LogP contribution in [0.5, 0.6) is 0 Å². The monoisotopic (exact) mass is 284 g/mol. The Kier molecular flexibility index (Phi) is 3.24. The van der Waals surface area contributed by atoms with Gasteiger partial charge in [-0.2, -0.15) is 0 Å². The third kappa shape index (κ3) is 2.09. The van der Waals surface area contributed by atoms with Crippen LogP contribution in [0, 0.1) is 0 Å². The van der Waals surface area contributed by atoms with Crippen molar-refractivity contribution < 1.29 is 8.78 Å². The first-order valence-corrected chi connectivity index (χ1v) is 5.31. The van der Waals surface area contributed by atoms with Crippen LogP contribution in [0.15, 0.2) is 41.4 Å². The minimum Gasteiger partial charge on any atom is -0.244 e. The maximum atomic E-state index is 12.9. The van der Waals surface area contributed by atoms with Crippen molar-refractivity contribution in [2.45, 2.75) is 6.43 Å². The maximum absolute atomic E-state index is 12.9. The first-order valence-electron chi connectivity index (χ1n) is 4.52. The predicted octanol–water partition coefficient (Wildman–Crippen LogP) is 3.84. The fourth-order valence-electron chi connectivity index (χ4n) is 1.45. The highest BCUT2D eigenvalue weighted by molar-refractivity contribution is 9.10. The van der Waals surface area contributed by atoms with E-state index in [0.29, 0.717) is 15.6 Å². The molecule has 0 aliphatic heterocycles. The molecule has 2 aromatic rings. The van der Waals surface area contributed by atoms with E-state index in [0.717, 1.165) is 0 Å². The number of alkyl halides is 2. The van der Waals surface area contributed by atoms with E-state index in [1.54, 1.807) is 18.2 Å². The molecule has 0 radical (unpaired) electrons. The van der Waals surface area contributed by atoms with Gasteiger partial charge in [0.05, 0.1) is 0 Å². The molecule has 1 aromatic carbocycles. The van der Waals surface area contributed by atoms with Crippen LogP contribution < -0.4 is 0 Å². The number of rotatable bonds is 2. The molecular weight excluding hydrogens is 278 g/mol. The summed E-state index contributed by atoms with van der Waals surface area (Å²) in [6, 6.07) is 4.93. The van der Waals surface area contributed by atoms with Crippen molar-refractivity contribution in [3.8, 4) is 11.1 Å². The lowest BCUT2D eigenvalue weighted by Gasteiger charge is -2.10. The van der Waals surface area contributed by atoms with Crippen LogP contribution in [0.1, 0.15) is 12.0 Å². The summed E-state index contributed by atoms with van der Waals surface area (Å²) in [6.07, 6.45) is 1.86. The predicted molar refractivity (Wildman–Crippen MR) is 60.1 cm³/mol. The first-order chi connectivity index (χ1) is 7.70. The molecule has 1 heterocycles. The van der Waals surface area contributed by atoms with Crippen LogP contribution in [-0.2, 0) is 0 Å². The molecule has 82 valence electrons. The van der Waals surface area contributed by atoms with Crippen LogP contribution in [0.25, 0.3) is 11.1 Å². The Morgan fingerprint density at radius 3 is 2.44 bits per heavy atom. The van der Waals surface area contributed by atoms with Gasteiger partial charge in [0.25, 0.3) is 6.43 Å². The van der Waals surface area contributed by atoms with Gasteiger partial charge in [0, 0.05) is 28.0 Å². The minimum atomic E-state index is -2.54. The SMILES string of the molecule is FC(F)c1c(Br)cccc1-c1cncnc1. The lowest BCUT2D eigenvalue weighted by Crippen LogP contribution is -1.93. The third-order valence-corrected chi connectivity index (χ3v) is 2.83. The van der Waals surface area contributed by atoms with Crippen molar-refractivity contribution in [2.24, 2.45) is 0 Å². The number of hydrogen-bond acceptors (Lipinski definition) is 2. The maximum Gasteiger partial charge on any atom is 0.265 e. The van der Waals surface area contributed by atoms with Gasteiger partial charge in [0.2, 0.25) is 0 Å². The summed E-state index contributed by atoms with van der Waals surface area (Å²) in [4.78, 5) is 7.64. The summed E-state index contributed by atoms with van der Waals surface area (Å²) in [5.74, 6) is 0. The Morgan fingerprint density at radius 2 is 1.81 bits per heavy atom. The summed E-state index contributed by atoms with van der Waals surface area (Å²) in [7, 11) is 0. The lowest BCUT2D eigenvalue weighted by atomic mass is 10.0. The van der Waals surface area contributed by atoms with E-state index >= 15 is 0 Å². The summed E-state index contributed by atoms with van der Waals surface area (Å²) in [5, 5.41) is 0. The molecule has 5 heteroatoms. The van der Waals surface area contributed by atoms with E-state index in [1.165, 1.54) is 18.7 Å². The fourth-order valence-corrected chi connectivity index (χ4v) is 1.99. The second-order valence-electron chi connectivity index (χ2n) is 3.13. The van der Waals surface area contributed by atoms with Crippen molar-refractivity contribution >= 4 is 15.9 Å². The van der Waals surface area contributed by atoms with Gasteiger partial charge < -0.3 is 0 Å². The van der Waals surface area contributed by atoms with Crippen LogP contribution in [0.3, 0.4) is 0 Å². The van der Waals surface area contributed by atoms with Gasteiger partial charge in [-0.3, -0.25) is 0 Å². The Hall–Kier alpha value is -1.36. The number of nitrogens with zero attached hydrogens (tertiary/aromatic N) is 2. The summed E-state index contributed by atoms with van der Waals surface area (Å²) < 4.78 is 26.2. The number of halogens is 3. The van der Waals surface area contributed by atoms with Crippen molar-refractivity contribution in [3.63, 3.8) is 0 Å². The summed E-state index contributed by atoms with van der Waals surface area (Å²) >= 11 is 3.12. The summed E-state index contributed by atoms with van der Waals surface area (Å²) in [6.45, 7) is 0. The van der Waals surface area contributed by atoms with Gasteiger partial charge in [0.1, 0.15) is 6.33 Å². The second kappa shape index (κ2) is 4.65. The van der Waals surface area contributed by atoms with Gasteiger partial charge in [-0.15, -0.1) is 0 Å². The highest BCUT2D eigenvalue weighted by atomic mass is 79.9. The van der Waals surface area contributed by atoms with E-state index in [9.17, 15) is 8.78 Å². The van der Waals surface area contributed by atoms with Gasteiger partial charge in [0.15, 0.2) is 0 Å². The molecule has 1 aromatic heterocycles. The highest BCUT2D eigenvalue weighted by Gasteiger charge is 2.17. The van der Waals surface area contributed by atoms with E-state index in [1.807, 2.05) is 0 Å². The zero-order valence-corrected chi connectivity index (χ0v) is 9.66. The van der Waals surface area contributed by atoms with Gasteiger partial charge >= 0.3 is 0 Å². The fraction of sp³-hybridized carbons (Fsp3) is 0.0909. The third-order valence-electron chi connectivity index (χ3n) is 2.14. The van der Waals surface area contributed by atoms with Crippen LogP contribution >= 0.6 is 15.9 Å². The normalized spacial score (nSPS) is 10.8. The molecule has 0 saturated carbocycles. The van der Waals surface area contributed by atoms with Crippen molar-refractivity contribution in [3.05, 3.63) is 47.0 Å². The molecule has 0 atom stereocenters. The number of benzene rings is 1. The molecule has 2 nitrogen and oxygen atoms in total. The van der Waals surface area contributed by atoms with Crippen molar-refractivity contribution in [2.75, 3.05) is 0 Å². The molecule has 0 aliphatic carbocycles. The number of hydrogen-bond donors (Lipinski definition) is 0. The first kappa shape index (κ1) is 11.1. The molecule has 2 rings (SSSR count). The second-order valence-corrected chi connectivity index (χ2v) is 3.98. The molecule has 0 N–H and O–H groups in total. The van der Waals surface area contributed by atoms with Crippen LogP contribution in [0.2, 0.25) is 0 Å². The smallest absolute Gasteiger partial charge is 0.244 e. The molecule has 16 heavy (non-hydrogen) atoms. The largest absolute Gasteiger partial charge is 0.265 e. The quantitative estimate of drug-likeness (QED) is 0.837. The standard InChI is InChI=1S/C11H7BrF2N2/c12-9-3-1-2-8(10(9)11(13)14)7-4-15-6-16-5-7/h1-6,11H. The van der Waals surface area contributed by atoms with Crippen molar-refractivity contribution in [1.82, 2.24) is 9.97 Å². The minimum absolute atomic E-state index is 0.0303. The average molecular weight is 285 g/mol. The van der Waals surface area contributed by atoms with Gasteiger partial charge in [-0.25, -0.2) is 18.7 Å². The molecule has 0 fully saturated rings. The van der Waals surface area contributed by atoms with E-state index in [-0.39, 0.29) is 5.56 Å². The number of aromatic nitrogens is 2. The molecule has 0 amide bonds. The molecule has 0 spiro atoms. The Morgan fingerprint density at radius 1 is 1.12 bits per heavy atom. The topological polar surface area (TPSA) is 25.8 Å². The molecule has 0 bridgehead atoms. The van der Waals surface area contributed by atoms with Crippen LogP contribution in [0.4, 0.5) is 8.78 Å². The average Bonchev–Trinajstić information content (AvgIpc) is 2.29. The summed E-state index contributed by atoms with van der Waals surface area (Å²) in [5.41, 5.74) is 1.00. The zero-order chi connectivity index (χ0) is 11.5. The van der Waals surface area contributed by atoms with E-state index in [2.05, 4.69) is 25.9 Å². The van der Waals surface area contributed by atoms with E-state index in [4.69, 9.17) is 0 Å². The Bertz CT molecular complexity index is 489. The van der Waals surface area contributed by atoms with Gasteiger partial charge in [-0.1, -0.05) is 28.1 Å². The lowest BCUT2D eigenvalue weighted by molar-refractivity contribution is 0.151.